The largest absolute Gasteiger partial charge is 0.459 e. The maximum atomic E-state index is 5.55. The Hall–Kier alpha value is -1.70. The van der Waals surface area contributed by atoms with Crippen molar-refractivity contribution in [1.82, 2.24) is 9.78 Å². The molecule has 2 atom stereocenters. The first-order valence-corrected chi connectivity index (χ1v) is 8.54. The number of hydrogen-bond acceptors (Lipinski definition) is 5. The van der Waals surface area contributed by atoms with Gasteiger partial charge in [-0.15, -0.1) is 16.4 Å². The molecule has 0 fully saturated rings. The maximum Gasteiger partial charge on any atom is 0.292 e. The normalized spacial score (nSPS) is 21.0. The molecule has 114 valence electrons. The molecular weight excluding hydrogens is 318 g/mol. The van der Waals surface area contributed by atoms with E-state index in [1.165, 1.54) is 15.3 Å². The summed E-state index contributed by atoms with van der Waals surface area (Å²) in [6, 6.07) is 6.31. The molecule has 0 saturated heterocycles. The zero-order valence-corrected chi connectivity index (χ0v) is 13.7. The molecule has 0 radical (unpaired) electrons. The van der Waals surface area contributed by atoms with E-state index in [2.05, 4.69) is 23.5 Å². The summed E-state index contributed by atoms with van der Waals surface area (Å²) in [5, 5.41) is 6.64. The van der Waals surface area contributed by atoms with Crippen LogP contribution >= 0.6 is 23.6 Å². The van der Waals surface area contributed by atoms with Gasteiger partial charge in [-0.25, -0.2) is 0 Å². The van der Waals surface area contributed by atoms with E-state index >= 15 is 0 Å². The minimum absolute atomic E-state index is 0.391. The summed E-state index contributed by atoms with van der Waals surface area (Å²) >= 11 is 7.15. The summed E-state index contributed by atoms with van der Waals surface area (Å²) < 4.78 is 12.6. The van der Waals surface area contributed by atoms with Crippen molar-refractivity contribution in [3.05, 3.63) is 45.1 Å². The Balaban J connectivity index is 1.58. The highest BCUT2D eigenvalue weighted by Gasteiger charge is 2.29. The Morgan fingerprint density at radius 1 is 1.50 bits per heavy atom. The van der Waals surface area contributed by atoms with Crippen LogP contribution in [0.15, 0.2) is 38.7 Å². The predicted molar refractivity (Wildman–Crippen MR) is 85.3 cm³/mol. The molecule has 1 aliphatic heterocycles. The summed E-state index contributed by atoms with van der Waals surface area (Å²) in [5.74, 6) is 1.04. The fourth-order valence-corrected chi connectivity index (χ4v) is 4.13. The summed E-state index contributed by atoms with van der Waals surface area (Å²) in [6.07, 6.45) is 2.71. The third kappa shape index (κ3) is 2.35. The quantitative estimate of drug-likeness (QED) is 0.748. The van der Waals surface area contributed by atoms with Gasteiger partial charge in [-0.05, 0) is 42.7 Å². The zero-order chi connectivity index (χ0) is 15.1. The van der Waals surface area contributed by atoms with E-state index in [1.807, 2.05) is 23.5 Å². The minimum atomic E-state index is 0.391. The maximum absolute atomic E-state index is 5.55. The number of quaternary nitrogens is 1. The van der Waals surface area contributed by atoms with Crippen LogP contribution in [-0.2, 0) is 13.1 Å². The molecule has 22 heavy (non-hydrogen) atoms. The molecule has 3 aromatic heterocycles. The fraction of sp³-hybridized carbons (Fsp3) is 0.333. The van der Waals surface area contributed by atoms with Gasteiger partial charge in [-0.2, -0.15) is 4.68 Å². The molecule has 0 aromatic carbocycles. The Kier molecular flexibility index (Phi) is 3.48. The lowest BCUT2D eigenvalue weighted by Crippen LogP contribution is -3.12. The molecule has 0 amide bonds. The van der Waals surface area contributed by atoms with Gasteiger partial charge in [0.2, 0.25) is 0 Å². The molecule has 5 nitrogen and oxygen atoms in total. The summed E-state index contributed by atoms with van der Waals surface area (Å²) in [5.41, 5.74) is 1.45. The Morgan fingerprint density at radius 3 is 3.23 bits per heavy atom. The average molecular weight is 334 g/mol. The highest BCUT2D eigenvalue weighted by atomic mass is 32.1. The average Bonchev–Trinajstić information content (AvgIpc) is 3.23. The molecule has 1 N–H and O–H groups in total. The molecule has 4 heterocycles. The molecule has 1 unspecified atom stereocenters. The summed E-state index contributed by atoms with van der Waals surface area (Å²) in [6.45, 7) is 4.05. The van der Waals surface area contributed by atoms with Gasteiger partial charge in [0.25, 0.3) is 10.7 Å². The third-order valence-electron chi connectivity index (χ3n) is 4.22. The number of thiophene rings is 1. The molecule has 3 aromatic rings. The van der Waals surface area contributed by atoms with Crippen LogP contribution in [0.2, 0.25) is 0 Å². The van der Waals surface area contributed by atoms with Crippen molar-refractivity contribution in [1.29, 1.82) is 0 Å². The van der Waals surface area contributed by atoms with Gasteiger partial charge >= 0.3 is 0 Å². The second kappa shape index (κ2) is 5.49. The van der Waals surface area contributed by atoms with Crippen LogP contribution in [0.4, 0.5) is 0 Å². The van der Waals surface area contributed by atoms with Crippen molar-refractivity contribution in [3.8, 4) is 11.7 Å². The lowest BCUT2D eigenvalue weighted by atomic mass is 10.0. The molecular formula is C15H16N3O2S2+. The number of furan rings is 1. The predicted octanol–water partition coefficient (Wildman–Crippen LogP) is 2.69. The Morgan fingerprint density at radius 2 is 2.41 bits per heavy atom. The van der Waals surface area contributed by atoms with Gasteiger partial charge in [-0.3, -0.25) is 0 Å². The van der Waals surface area contributed by atoms with Gasteiger partial charge in [0.1, 0.15) is 6.04 Å². The first-order valence-electron chi connectivity index (χ1n) is 7.25. The smallest absolute Gasteiger partial charge is 0.292 e. The van der Waals surface area contributed by atoms with Crippen molar-refractivity contribution in [3.63, 3.8) is 0 Å². The lowest BCUT2D eigenvalue weighted by Gasteiger charge is -2.29. The second-order valence-electron chi connectivity index (χ2n) is 5.49. The highest BCUT2D eigenvalue weighted by molar-refractivity contribution is 7.71. The standard InChI is InChI=1S/C15H15N3O2S2/c1-10-11-5-8-22-13(11)4-6-17(10)9-18-15(21)20-14(16-18)12-3-2-7-19-12/h2-3,5,7-8,10H,4,6,9H2,1H3/p+1/t10-/m0/s1. The summed E-state index contributed by atoms with van der Waals surface area (Å²) in [7, 11) is 0. The van der Waals surface area contributed by atoms with Gasteiger partial charge in [0, 0.05) is 16.9 Å². The van der Waals surface area contributed by atoms with Crippen LogP contribution in [0.3, 0.4) is 0 Å². The van der Waals surface area contributed by atoms with Crippen molar-refractivity contribution in [2.24, 2.45) is 0 Å². The molecule has 0 aliphatic carbocycles. The van der Waals surface area contributed by atoms with Crippen molar-refractivity contribution >= 4 is 23.6 Å². The van der Waals surface area contributed by atoms with Gasteiger partial charge in [0.05, 0.1) is 12.8 Å². The van der Waals surface area contributed by atoms with Crippen molar-refractivity contribution in [2.45, 2.75) is 26.1 Å². The first kappa shape index (κ1) is 13.9. The van der Waals surface area contributed by atoms with Crippen LogP contribution in [0, 0.1) is 4.84 Å². The van der Waals surface area contributed by atoms with E-state index in [-0.39, 0.29) is 0 Å². The van der Waals surface area contributed by atoms with Gasteiger partial charge in [0.15, 0.2) is 12.4 Å². The van der Waals surface area contributed by atoms with Gasteiger partial charge in [-0.1, -0.05) is 0 Å². The van der Waals surface area contributed by atoms with Crippen LogP contribution in [0.1, 0.15) is 23.4 Å². The van der Waals surface area contributed by atoms with Crippen LogP contribution in [0.5, 0.6) is 0 Å². The monoisotopic (exact) mass is 334 g/mol. The van der Waals surface area contributed by atoms with E-state index in [4.69, 9.17) is 21.1 Å². The molecule has 7 heteroatoms. The molecule has 0 bridgehead atoms. The van der Waals surface area contributed by atoms with E-state index in [9.17, 15) is 0 Å². The zero-order valence-electron chi connectivity index (χ0n) is 12.1. The lowest BCUT2D eigenvalue weighted by molar-refractivity contribution is -0.954. The van der Waals surface area contributed by atoms with Crippen LogP contribution in [0.25, 0.3) is 11.7 Å². The van der Waals surface area contributed by atoms with E-state index in [0.717, 1.165) is 13.0 Å². The topological polar surface area (TPSA) is 48.5 Å². The van der Waals surface area contributed by atoms with Gasteiger partial charge < -0.3 is 13.7 Å². The Labute approximate surface area is 136 Å². The molecule has 0 spiro atoms. The number of aromatic nitrogens is 2. The first-order chi connectivity index (χ1) is 10.7. The highest BCUT2D eigenvalue weighted by Crippen LogP contribution is 2.24. The number of hydrogen-bond donors (Lipinski definition) is 1. The van der Waals surface area contributed by atoms with Crippen molar-refractivity contribution in [2.75, 3.05) is 6.54 Å². The number of fused-ring (bicyclic) bond motifs is 1. The molecule has 1 aliphatic rings. The van der Waals surface area contributed by atoms with E-state index < -0.39 is 0 Å². The van der Waals surface area contributed by atoms with E-state index in [0.29, 0.717) is 29.2 Å². The minimum Gasteiger partial charge on any atom is -0.459 e. The van der Waals surface area contributed by atoms with E-state index in [1.54, 1.807) is 10.9 Å². The number of rotatable bonds is 3. The SMILES string of the molecule is C[C@H]1c2ccsc2CC[NH+]1Cn1nc(-c2ccco2)oc1=S. The second-order valence-corrected chi connectivity index (χ2v) is 6.84. The third-order valence-corrected chi connectivity index (χ3v) is 5.51. The number of nitrogens with one attached hydrogen (secondary N) is 1. The van der Waals surface area contributed by atoms with Crippen LogP contribution < -0.4 is 4.90 Å². The molecule has 4 rings (SSSR count). The Bertz CT molecular complexity index is 831. The van der Waals surface area contributed by atoms with Crippen LogP contribution in [-0.4, -0.2) is 16.3 Å². The van der Waals surface area contributed by atoms with Crippen molar-refractivity contribution < 1.29 is 13.7 Å². The molecule has 0 saturated carbocycles. The summed E-state index contributed by atoms with van der Waals surface area (Å²) in [4.78, 5) is 3.35. The fourth-order valence-electron chi connectivity index (χ4n) is 2.96. The number of nitrogens with zero attached hydrogens (tertiary/aromatic N) is 2.